The third-order valence-corrected chi connectivity index (χ3v) is 1.76. The van der Waals surface area contributed by atoms with Gasteiger partial charge in [-0.3, -0.25) is 4.84 Å². The summed E-state index contributed by atoms with van der Waals surface area (Å²) in [5, 5.41) is 26.5. The monoisotopic (exact) mass is 163 g/mol. The molecule has 5 nitrogen and oxygen atoms in total. The molecule has 0 bridgehead atoms. The molecule has 66 valence electrons. The van der Waals surface area contributed by atoms with Gasteiger partial charge in [0.1, 0.15) is 6.10 Å². The van der Waals surface area contributed by atoms with Crippen molar-refractivity contribution in [1.29, 1.82) is 0 Å². The van der Waals surface area contributed by atoms with Crippen LogP contribution < -0.4 is 5.48 Å². The van der Waals surface area contributed by atoms with Gasteiger partial charge in [-0.25, -0.2) is 0 Å². The van der Waals surface area contributed by atoms with Crippen molar-refractivity contribution >= 4 is 0 Å². The number of hydrogen-bond acceptors (Lipinski definition) is 5. The van der Waals surface area contributed by atoms with Crippen LogP contribution in [0.3, 0.4) is 0 Å². The van der Waals surface area contributed by atoms with Crippen molar-refractivity contribution in [2.75, 3.05) is 13.2 Å². The van der Waals surface area contributed by atoms with Crippen LogP contribution in [0.5, 0.6) is 0 Å². The lowest BCUT2D eigenvalue weighted by Crippen LogP contribution is -2.51. The normalized spacial score (nSPS) is 39.0. The molecule has 3 atom stereocenters. The highest BCUT2D eigenvalue weighted by Crippen LogP contribution is 2.11. The van der Waals surface area contributed by atoms with Gasteiger partial charge in [0.25, 0.3) is 0 Å². The third kappa shape index (κ3) is 2.11. The van der Waals surface area contributed by atoms with Crippen LogP contribution in [0.15, 0.2) is 0 Å². The van der Waals surface area contributed by atoms with E-state index in [0.29, 0.717) is 6.42 Å². The molecular formula is C6H13NO4. The van der Waals surface area contributed by atoms with E-state index < -0.39 is 12.1 Å². The first-order valence-corrected chi connectivity index (χ1v) is 3.59. The van der Waals surface area contributed by atoms with Gasteiger partial charge >= 0.3 is 0 Å². The lowest BCUT2D eigenvalue weighted by Gasteiger charge is -2.31. The molecule has 1 saturated heterocycles. The molecule has 0 spiro atoms. The van der Waals surface area contributed by atoms with Crippen LogP contribution in [0.4, 0.5) is 0 Å². The van der Waals surface area contributed by atoms with Gasteiger partial charge in [-0.15, -0.1) is 0 Å². The lowest BCUT2D eigenvalue weighted by atomic mass is 10.0. The van der Waals surface area contributed by atoms with Crippen molar-refractivity contribution in [1.82, 2.24) is 5.48 Å². The zero-order valence-corrected chi connectivity index (χ0v) is 6.10. The minimum Gasteiger partial charge on any atom is -0.395 e. The molecule has 0 aliphatic carbocycles. The molecule has 5 heteroatoms. The molecule has 1 heterocycles. The van der Waals surface area contributed by atoms with Crippen LogP contribution >= 0.6 is 0 Å². The van der Waals surface area contributed by atoms with E-state index in [4.69, 9.17) is 15.1 Å². The Morgan fingerprint density at radius 1 is 1.36 bits per heavy atom. The number of aliphatic hydroxyl groups is 3. The molecule has 0 saturated carbocycles. The Balaban J connectivity index is 2.34. The van der Waals surface area contributed by atoms with Gasteiger partial charge in [-0.2, -0.15) is 5.48 Å². The smallest absolute Gasteiger partial charge is 0.105 e. The predicted octanol–water partition coefficient (Wildman–Crippen LogP) is -2.01. The van der Waals surface area contributed by atoms with Crippen molar-refractivity contribution in [3.8, 4) is 0 Å². The van der Waals surface area contributed by atoms with Crippen molar-refractivity contribution in [2.45, 2.75) is 24.7 Å². The zero-order valence-electron chi connectivity index (χ0n) is 6.10. The Morgan fingerprint density at radius 2 is 2.09 bits per heavy atom. The third-order valence-electron chi connectivity index (χ3n) is 1.76. The highest BCUT2D eigenvalue weighted by atomic mass is 16.7. The van der Waals surface area contributed by atoms with Crippen molar-refractivity contribution in [3.05, 3.63) is 0 Å². The second-order valence-electron chi connectivity index (χ2n) is 2.63. The van der Waals surface area contributed by atoms with Crippen molar-refractivity contribution in [3.63, 3.8) is 0 Å². The van der Waals surface area contributed by atoms with Gasteiger partial charge in [-0.05, 0) is 0 Å². The van der Waals surface area contributed by atoms with Crippen LogP contribution in [-0.4, -0.2) is 46.8 Å². The maximum Gasteiger partial charge on any atom is 0.105 e. The summed E-state index contributed by atoms with van der Waals surface area (Å²) in [5.41, 5.74) is 2.46. The van der Waals surface area contributed by atoms with Gasteiger partial charge in [-0.1, -0.05) is 0 Å². The van der Waals surface area contributed by atoms with Gasteiger partial charge in [0.2, 0.25) is 0 Å². The molecule has 0 amide bonds. The first-order chi connectivity index (χ1) is 5.27. The molecule has 11 heavy (non-hydrogen) atoms. The van der Waals surface area contributed by atoms with Crippen LogP contribution in [0.2, 0.25) is 0 Å². The SMILES string of the molecule is OC[C@@H]1C[C@H](O)[C@@H](CO)NO1. The Hall–Kier alpha value is -0.200. The maximum atomic E-state index is 9.26. The average molecular weight is 163 g/mol. The number of hydrogen-bond donors (Lipinski definition) is 4. The summed E-state index contributed by atoms with van der Waals surface area (Å²) in [5.74, 6) is 0. The summed E-state index contributed by atoms with van der Waals surface area (Å²) in [6, 6.07) is -0.433. The molecule has 0 unspecified atom stereocenters. The van der Waals surface area contributed by atoms with Crippen LogP contribution in [0, 0.1) is 0 Å². The van der Waals surface area contributed by atoms with Gasteiger partial charge in [0.05, 0.1) is 25.4 Å². The van der Waals surface area contributed by atoms with Gasteiger partial charge in [0.15, 0.2) is 0 Å². The van der Waals surface area contributed by atoms with E-state index in [-0.39, 0.29) is 19.3 Å². The summed E-state index contributed by atoms with van der Waals surface area (Å²) < 4.78 is 0. The van der Waals surface area contributed by atoms with Crippen LogP contribution in [0.25, 0.3) is 0 Å². The molecule has 1 aliphatic heterocycles. The number of nitrogens with one attached hydrogen (secondary N) is 1. The fourth-order valence-corrected chi connectivity index (χ4v) is 1.01. The second-order valence-corrected chi connectivity index (χ2v) is 2.63. The molecule has 0 aromatic rings. The zero-order chi connectivity index (χ0) is 8.27. The minimum atomic E-state index is -0.647. The average Bonchev–Trinajstić information content (AvgIpc) is 2.04. The number of hydroxylamine groups is 1. The maximum absolute atomic E-state index is 9.26. The molecule has 0 aromatic carbocycles. The van der Waals surface area contributed by atoms with Crippen LogP contribution in [0.1, 0.15) is 6.42 Å². The number of rotatable bonds is 2. The van der Waals surface area contributed by atoms with Crippen LogP contribution in [-0.2, 0) is 4.84 Å². The summed E-state index contributed by atoms with van der Waals surface area (Å²) in [6.07, 6.45) is -0.659. The van der Waals surface area contributed by atoms with E-state index in [2.05, 4.69) is 5.48 Å². The highest BCUT2D eigenvalue weighted by molar-refractivity contribution is 4.79. The lowest BCUT2D eigenvalue weighted by molar-refractivity contribution is -0.147. The second kappa shape index (κ2) is 3.99. The van der Waals surface area contributed by atoms with Crippen molar-refractivity contribution < 1.29 is 20.2 Å². The fraction of sp³-hybridized carbons (Fsp3) is 1.00. The predicted molar refractivity (Wildman–Crippen MR) is 36.6 cm³/mol. The summed E-state index contributed by atoms with van der Waals surface area (Å²) in [6.45, 7) is -0.290. The molecule has 0 aromatic heterocycles. The molecular weight excluding hydrogens is 150 g/mol. The van der Waals surface area contributed by atoms with E-state index in [1.165, 1.54) is 0 Å². The largest absolute Gasteiger partial charge is 0.395 e. The molecule has 1 rings (SSSR count). The first kappa shape index (κ1) is 8.89. The molecule has 4 N–H and O–H groups in total. The molecule has 0 radical (unpaired) electrons. The van der Waals surface area contributed by atoms with E-state index in [0.717, 1.165) is 0 Å². The van der Waals surface area contributed by atoms with E-state index >= 15 is 0 Å². The summed E-state index contributed by atoms with van der Waals surface area (Å²) in [4.78, 5) is 4.88. The summed E-state index contributed by atoms with van der Waals surface area (Å²) >= 11 is 0. The summed E-state index contributed by atoms with van der Waals surface area (Å²) in [7, 11) is 0. The molecule has 1 aliphatic rings. The first-order valence-electron chi connectivity index (χ1n) is 3.59. The van der Waals surface area contributed by atoms with Gasteiger partial charge in [0, 0.05) is 6.42 Å². The quantitative estimate of drug-likeness (QED) is 0.378. The van der Waals surface area contributed by atoms with Crippen molar-refractivity contribution in [2.24, 2.45) is 0 Å². The Labute approximate surface area is 64.6 Å². The highest BCUT2D eigenvalue weighted by Gasteiger charge is 2.28. The number of aliphatic hydroxyl groups excluding tert-OH is 3. The Morgan fingerprint density at radius 3 is 2.55 bits per heavy atom. The van der Waals surface area contributed by atoms with E-state index in [9.17, 15) is 5.11 Å². The van der Waals surface area contributed by atoms with E-state index in [1.54, 1.807) is 0 Å². The topological polar surface area (TPSA) is 82.0 Å². The minimum absolute atomic E-state index is 0.123. The fourth-order valence-electron chi connectivity index (χ4n) is 1.01. The van der Waals surface area contributed by atoms with Gasteiger partial charge < -0.3 is 15.3 Å². The Bertz CT molecular complexity index is 121. The molecule has 1 fully saturated rings. The van der Waals surface area contributed by atoms with E-state index in [1.807, 2.05) is 0 Å². The Kier molecular flexibility index (Phi) is 3.22. The standard InChI is InChI=1S/C6H13NO4/c8-2-4-1-6(10)5(3-9)7-11-4/h4-10H,1-3H2/t4-,5+,6-/m0/s1.